The van der Waals surface area contributed by atoms with Crippen LogP contribution >= 0.6 is 8.58 Å². The van der Waals surface area contributed by atoms with Gasteiger partial charge in [-0.05, 0) is 12.3 Å². The molecule has 0 heterocycles. The van der Waals surface area contributed by atoms with Gasteiger partial charge in [-0.15, -0.1) is 8.58 Å². The predicted octanol–water partition coefficient (Wildman–Crippen LogP) is 1.84. The number of hydrogen-bond acceptors (Lipinski definition) is 1. The van der Waals surface area contributed by atoms with E-state index in [2.05, 4.69) is 20.4 Å². The van der Waals surface area contributed by atoms with Crippen molar-refractivity contribution in [2.24, 2.45) is 0 Å². The Balaban J connectivity index is 0. The topological polar surface area (TPSA) is 23.8 Å². The van der Waals surface area contributed by atoms with Gasteiger partial charge >= 0.3 is 0 Å². The summed E-state index contributed by atoms with van der Waals surface area (Å²) in [5.74, 6) is 0. The second-order valence-corrected chi connectivity index (χ2v) is 2.87. The lowest BCUT2D eigenvalue weighted by Crippen LogP contribution is -1.59. The van der Waals surface area contributed by atoms with Gasteiger partial charge in [0.15, 0.2) is 0 Å². The van der Waals surface area contributed by atoms with E-state index in [0.717, 1.165) is 0 Å². The third-order valence-electron chi connectivity index (χ3n) is 0.500. The zero-order valence-electron chi connectivity index (χ0n) is 4.94. The van der Waals surface area contributed by atoms with Gasteiger partial charge in [0, 0.05) is 6.57 Å². The van der Waals surface area contributed by atoms with Crippen molar-refractivity contribution in [3.63, 3.8) is 0 Å². The molecule has 0 rings (SSSR count). The molecule has 0 unspecified atom stereocenters. The van der Waals surface area contributed by atoms with Crippen molar-refractivity contribution in [2.75, 3.05) is 12.3 Å². The Bertz CT molecular complexity index is 32.3. The molecule has 0 bridgehead atoms. The van der Waals surface area contributed by atoms with Crippen molar-refractivity contribution in [1.29, 1.82) is 5.26 Å². The average Bonchev–Trinajstić information content (AvgIpc) is 1.75. The van der Waals surface area contributed by atoms with Gasteiger partial charge in [-0.1, -0.05) is 13.8 Å². The van der Waals surface area contributed by atoms with E-state index in [1.807, 2.05) is 0 Å². The highest BCUT2D eigenvalue weighted by atomic mass is 31.1. The minimum absolute atomic E-state index is 1.20. The summed E-state index contributed by atoms with van der Waals surface area (Å²) in [5, 5.41) is 6.50. The summed E-state index contributed by atoms with van der Waals surface area (Å²) in [5.41, 5.74) is 0. The lowest BCUT2D eigenvalue weighted by Gasteiger charge is -1.80. The van der Waals surface area contributed by atoms with E-state index in [9.17, 15) is 0 Å². The Labute approximate surface area is 47.5 Å². The molecule has 1 nitrogen and oxygen atoms in total. The van der Waals surface area contributed by atoms with Crippen molar-refractivity contribution in [2.45, 2.75) is 13.8 Å². The van der Waals surface area contributed by atoms with Gasteiger partial charge < -0.3 is 0 Å². The molecule has 0 aromatic rings. The third-order valence-corrected chi connectivity index (χ3v) is 1.50. The third kappa shape index (κ3) is 24.7. The fourth-order valence-corrected chi connectivity index (χ4v) is 0.750. The van der Waals surface area contributed by atoms with E-state index in [-0.39, 0.29) is 0 Å². The standard InChI is InChI=1S/C4H11P.CHN/c1-3-5-4-2;1-2/h5H,3-4H2,1-2H3;1H. The summed E-state index contributed by atoms with van der Waals surface area (Å²) >= 11 is 0. The fourth-order valence-electron chi connectivity index (χ4n) is 0.250. The summed E-state index contributed by atoms with van der Waals surface area (Å²) in [6.45, 7) is 7.95. The summed E-state index contributed by atoms with van der Waals surface area (Å²) < 4.78 is 0. The lowest BCUT2D eigenvalue weighted by molar-refractivity contribution is 1.44. The molecule has 0 radical (unpaired) electrons. The molecule has 2 heteroatoms. The van der Waals surface area contributed by atoms with Crippen LogP contribution in [0, 0.1) is 11.8 Å². The molecule has 0 fully saturated rings. The molecule has 0 saturated heterocycles. The molecule has 0 aromatic heterocycles. The maximum Gasteiger partial charge on any atom is 0.0462 e. The van der Waals surface area contributed by atoms with E-state index < -0.39 is 0 Å². The molecule has 0 saturated carbocycles. The average molecular weight is 117 g/mol. The summed E-state index contributed by atoms with van der Waals surface area (Å²) in [7, 11) is 1.20. The molecule has 0 N–H and O–H groups in total. The maximum absolute atomic E-state index is 6.50. The highest BCUT2D eigenvalue weighted by Crippen LogP contribution is 2.03. The molecule has 42 valence electrons. The number of rotatable bonds is 2. The molecule has 0 atom stereocenters. The van der Waals surface area contributed by atoms with Crippen molar-refractivity contribution >= 4 is 8.58 Å². The van der Waals surface area contributed by atoms with Crippen molar-refractivity contribution in [3.8, 4) is 6.57 Å². The van der Waals surface area contributed by atoms with Gasteiger partial charge in [0.05, 0.1) is 0 Å². The van der Waals surface area contributed by atoms with E-state index >= 15 is 0 Å². The monoisotopic (exact) mass is 117 g/mol. The minimum Gasteiger partial charge on any atom is -0.202 e. The Morgan fingerprint density at radius 3 is 1.57 bits per heavy atom. The first-order chi connectivity index (χ1) is 3.41. The van der Waals surface area contributed by atoms with E-state index in [0.29, 0.717) is 0 Å². The Morgan fingerprint density at radius 1 is 1.29 bits per heavy atom. The quantitative estimate of drug-likeness (QED) is 0.506. The predicted molar refractivity (Wildman–Crippen MR) is 36.1 cm³/mol. The molecule has 0 amide bonds. The first kappa shape index (κ1) is 10.0. The zero-order valence-corrected chi connectivity index (χ0v) is 5.94. The summed E-state index contributed by atoms with van der Waals surface area (Å²) in [6, 6.07) is 0. The maximum atomic E-state index is 6.50. The second-order valence-electron chi connectivity index (χ2n) is 0.957. The molecule has 0 aliphatic carbocycles. The molecule has 0 spiro atoms. The van der Waals surface area contributed by atoms with E-state index in [1.165, 1.54) is 20.9 Å². The van der Waals surface area contributed by atoms with Crippen molar-refractivity contribution in [3.05, 3.63) is 0 Å². The van der Waals surface area contributed by atoms with Crippen molar-refractivity contribution < 1.29 is 0 Å². The van der Waals surface area contributed by atoms with Crippen LogP contribution in [0.15, 0.2) is 0 Å². The van der Waals surface area contributed by atoms with Crippen LogP contribution in [0.4, 0.5) is 0 Å². The normalized spacial score (nSPS) is 6.29. The summed E-state index contributed by atoms with van der Waals surface area (Å²) in [4.78, 5) is 0. The first-order valence-electron chi connectivity index (χ1n) is 2.38. The molecule has 0 aliphatic rings. The van der Waals surface area contributed by atoms with Crippen LogP contribution in [-0.4, -0.2) is 12.3 Å². The van der Waals surface area contributed by atoms with Crippen LogP contribution in [-0.2, 0) is 0 Å². The van der Waals surface area contributed by atoms with Crippen LogP contribution in [0.3, 0.4) is 0 Å². The number of nitriles is 1. The number of hydrogen-bond donors (Lipinski definition) is 0. The first-order valence-corrected chi connectivity index (χ1v) is 3.79. The van der Waals surface area contributed by atoms with E-state index in [1.54, 1.807) is 0 Å². The van der Waals surface area contributed by atoms with Gasteiger partial charge in [0.25, 0.3) is 0 Å². The second kappa shape index (κ2) is 16.8. The van der Waals surface area contributed by atoms with E-state index in [4.69, 9.17) is 5.26 Å². The Hall–Kier alpha value is -0.0800. The lowest BCUT2D eigenvalue weighted by atomic mass is 11.0. The zero-order chi connectivity index (χ0) is 6.12. The Morgan fingerprint density at radius 2 is 1.57 bits per heavy atom. The SMILES string of the molecule is C#N.CCPCC. The number of nitrogens with zero attached hydrogens (tertiary/aromatic N) is 1. The highest BCUT2D eigenvalue weighted by Gasteiger charge is 1.66. The van der Waals surface area contributed by atoms with Gasteiger partial charge in [0.1, 0.15) is 0 Å². The molecular formula is C5H12NP. The van der Waals surface area contributed by atoms with Crippen molar-refractivity contribution in [1.82, 2.24) is 0 Å². The fraction of sp³-hybridized carbons (Fsp3) is 0.800. The molecule has 0 aromatic carbocycles. The van der Waals surface area contributed by atoms with Gasteiger partial charge in [-0.3, -0.25) is 0 Å². The highest BCUT2D eigenvalue weighted by molar-refractivity contribution is 7.37. The smallest absolute Gasteiger partial charge is 0.0462 e. The van der Waals surface area contributed by atoms with Crippen LogP contribution < -0.4 is 0 Å². The van der Waals surface area contributed by atoms with Gasteiger partial charge in [-0.2, -0.15) is 0 Å². The largest absolute Gasteiger partial charge is 0.202 e. The van der Waals surface area contributed by atoms with Crippen LogP contribution in [0.25, 0.3) is 0 Å². The van der Waals surface area contributed by atoms with Crippen LogP contribution in [0.5, 0.6) is 0 Å². The molecule has 7 heavy (non-hydrogen) atoms. The van der Waals surface area contributed by atoms with Crippen LogP contribution in [0.2, 0.25) is 0 Å². The minimum atomic E-state index is 1.20. The molecular weight excluding hydrogens is 105 g/mol. The molecule has 0 aliphatic heterocycles. The van der Waals surface area contributed by atoms with Gasteiger partial charge in [-0.25, -0.2) is 5.26 Å². The summed E-state index contributed by atoms with van der Waals surface area (Å²) in [6.07, 6.45) is 2.74. The van der Waals surface area contributed by atoms with Crippen LogP contribution in [0.1, 0.15) is 13.8 Å². The van der Waals surface area contributed by atoms with Gasteiger partial charge in [0.2, 0.25) is 0 Å². The Kier molecular flexibility index (Phi) is 24.1.